The molecule has 1 aliphatic heterocycles. The van der Waals surface area contributed by atoms with Crippen LogP contribution in [0.5, 0.6) is 0 Å². The third kappa shape index (κ3) is 3.13. The number of aromatic nitrogens is 1. The first-order chi connectivity index (χ1) is 9.18. The molecule has 0 saturated carbocycles. The lowest BCUT2D eigenvalue weighted by molar-refractivity contribution is -0.127. The van der Waals surface area contributed by atoms with E-state index in [1.165, 1.54) is 0 Å². The Kier molecular flexibility index (Phi) is 4.53. The van der Waals surface area contributed by atoms with Crippen molar-refractivity contribution in [3.63, 3.8) is 0 Å². The molecule has 0 spiro atoms. The molecule has 0 atom stereocenters. The molecule has 2 N–H and O–H groups in total. The number of amides is 1. The highest BCUT2D eigenvalue weighted by Gasteiger charge is 2.38. The van der Waals surface area contributed by atoms with Crippen molar-refractivity contribution in [2.45, 2.75) is 39.5 Å². The van der Waals surface area contributed by atoms with E-state index in [-0.39, 0.29) is 11.3 Å². The number of aryl methyl sites for hydroxylation is 1. The highest BCUT2D eigenvalue weighted by Crippen LogP contribution is 2.35. The van der Waals surface area contributed by atoms with Gasteiger partial charge in [0.1, 0.15) is 5.82 Å². The molecule has 1 amide bonds. The van der Waals surface area contributed by atoms with Gasteiger partial charge in [0.2, 0.25) is 5.91 Å². The number of nitrogens with one attached hydrogen (secondary N) is 2. The first kappa shape index (κ1) is 14.0. The predicted octanol–water partition coefficient (Wildman–Crippen LogP) is 2.50. The molecule has 19 heavy (non-hydrogen) atoms. The van der Waals surface area contributed by atoms with E-state index in [0.29, 0.717) is 5.82 Å². The van der Waals surface area contributed by atoms with Crippen molar-refractivity contribution in [2.24, 2.45) is 5.41 Å². The number of nitrogens with zero attached hydrogens (tertiary/aromatic N) is 1. The van der Waals surface area contributed by atoms with Crippen LogP contribution in [0.4, 0.5) is 5.82 Å². The Hall–Kier alpha value is -1.42. The van der Waals surface area contributed by atoms with Crippen molar-refractivity contribution in [1.82, 2.24) is 10.3 Å². The van der Waals surface area contributed by atoms with Crippen molar-refractivity contribution in [2.75, 3.05) is 18.4 Å². The van der Waals surface area contributed by atoms with E-state index in [1.807, 2.05) is 19.1 Å². The molecular formula is C15H23N3O. The lowest BCUT2D eigenvalue weighted by atomic mass is 9.74. The zero-order valence-electron chi connectivity index (χ0n) is 11.8. The topological polar surface area (TPSA) is 54.0 Å². The van der Waals surface area contributed by atoms with Crippen molar-refractivity contribution in [1.29, 1.82) is 0 Å². The van der Waals surface area contributed by atoms with Gasteiger partial charge in [0.15, 0.2) is 0 Å². The molecule has 1 saturated heterocycles. The Balaban J connectivity index is 2.14. The molecule has 1 aromatic heterocycles. The zero-order valence-corrected chi connectivity index (χ0v) is 11.8. The van der Waals surface area contributed by atoms with E-state index >= 15 is 0 Å². The summed E-state index contributed by atoms with van der Waals surface area (Å²) in [5.74, 6) is 0.833. The Morgan fingerprint density at radius 2 is 2.21 bits per heavy atom. The molecule has 104 valence electrons. The van der Waals surface area contributed by atoms with E-state index in [1.54, 1.807) is 6.20 Å². The zero-order chi connectivity index (χ0) is 13.7. The third-order valence-corrected chi connectivity index (χ3v) is 4.01. The van der Waals surface area contributed by atoms with Crippen LogP contribution < -0.4 is 10.6 Å². The third-order valence-electron chi connectivity index (χ3n) is 4.01. The minimum absolute atomic E-state index is 0.137. The number of hydrogen-bond donors (Lipinski definition) is 2. The van der Waals surface area contributed by atoms with Crippen LogP contribution in [0.3, 0.4) is 0 Å². The van der Waals surface area contributed by atoms with E-state index in [4.69, 9.17) is 0 Å². The molecule has 0 unspecified atom stereocenters. The summed E-state index contributed by atoms with van der Waals surface area (Å²) in [4.78, 5) is 16.9. The van der Waals surface area contributed by atoms with Gasteiger partial charge in [-0.3, -0.25) is 4.79 Å². The monoisotopic (exact) mass is 261 g/mol. The average Bonchev–Trinajstić information content (AvgIpc) is 2.42. The average molecular weight is 261 g/mol. The molecule has 4 heteroatoms. The number of rotatable bonds is 4. The van der Waals surface area contributed by atoms with Gasteiger partial charge >= 0.3 is 0 Å². The molecule has 4 nitrogen and oxygen atoms in total. The van der Waals surface area contributed by atoms with Crippen LogP contribution in [-0.4, -0.2) is 24.0 Å². The number of pyridine rings is 1. The maximum atomic E-state index is 12.7. The van der Waals surface area contributed by atoms with Gasteiger partial charge in [-0.2, -0.15) is 0 Å². The Morgan fingerprint density at radius 3 is 2.84 bits per heavy atom. The summed E-state index contributed by atoms with van der Waals surface area (Å²) in [6.45, 7) is 5.96. The Morgan fingerprint density at radius 1 is 1.47 bits per heavy atom. The van der Waals surface area contributed by atoms with Crippen LogP contribution in [0.2, 0.25) is 0 Å². The van der Waals surface area contributed by atoms with Gasteiger partial charge in [-0.1, -0.05) is 19.4 Å². The molecular weight excluding hydrogens is 238 g/mol. The molecule has 0 aromatic carbocycles. The van der Waals surface area contributed by atoms with Gasteiger partial charge in [0.25, 0.3) is 0 Å². The smallest absolute Gasteiger partial charge is 0.231 e. The van der Waals surface area contributed by atoms with Gasteiger partial charge in [-0.05, 0) is 50.9 Å². The number of hydrogen-bond acceptors (Lipinski definition) is 3. The minimum atomic E-state index is -0.218. The lowest BCUT2D eigenvalue weighted by Gasteiger charge is -2.36. The van der Waals surface area contributed by atoms with Gasteiger partial charge < -0.3 is 10.6 Å². The molecule has 1 aromatic rings. The van der Waals surface area contributed by atoms with Crippen molar-refractivity contribution in [3.8, 4) is 0 Å². The summed E-state index contributed by atoms with van der Waals surface area (Å²) in [5.41, 5.74) is 0.792. The summed E-state index contributed by atoms with van der Waals surface area (Å²) >= 11 is 0. The highest BCUT2D eigenvalue weighted by molar-refractivity contribution is 5.95. The number of carbonyl (C=O) groups excluding carboxylic acids is 1. The Labute approximate surface area is 115 Å². The lowest BCUT2D eigenvalue weighted by Crippen LogP contribution is -2.45. The molecule has 0 bridgehead atoms. The minimum Gasteiger partial charge on any atom is -0.317 e. The highest BCUT2D eigenvalue weighted by atomic mass is 16.2. The predicted molar refractivity (Wildman–Crippen MR) is 77.0 cm³/mol. The fraction of sp³-hybridized carbons (Fsp3) is 0.600. The summed E-state index contributed by atoms with van der Waals surface area (Å²) in [6, 6.07) is 3.86. The van der Waals surface area contributed by atoms with E-state index in [2.05, 4.69) is 22.5 Å². The first-order valence-corrected chi connectivity index (χ1v) is 7.12. The second kappa shape index (κ2) is 6.15. The number of carbonyl (C=O) groups is 1. The summed E-state index contributed by atoms with van der Waals surface area (Å²) in [7, 11) is 0. The normalized spacial score (nSPS) is 18.0. The van der Waals surface area contributed by atoms with E-state index < -0.39 is 0 Å². The Bertz CT molecular complexity index is 433. The molecule has 1 aliphatic rings. The van der Waals surface area contributed by atoms with Gasteiger partial charge in [0, 0.05) is 6.20 Å². The number of anilines is 1. The fourth-order valence-corrected chi connectivity index (χ4v) is 2.83. The molecule has 0 radical (unpaired) electrons. The van der Waals surface area contributed by atoms with Crippen LogP contribution in [0.1, 0.15) is 38.2 Å². The maximum Gasteiger partial charge on any atom is 0.231 e. The number of piperidine rings is 1. The quantitative estimate of drug-likeness (QED) is 0.875. The van der Waals surface area contributed by atoms with Crippen LogP contribution in [0.25, 0.3) is 0 Å². The molecule has 2 heterocycles. The summed E-state index contributed by atoms with van der Waals surface area (Å²) < 4.78 is 0. The molecule has 0 aliphatic carbocycles. The van der Waals surface area contributed by atoms with Crippen LogP contribution >= 0.6 is 0 Å². The summed E-state index contributed by atoms with van der Waals surface area (Å²) in [5, 5.41) is 6.36. The van der Waals surface area contributed by atoms with Crippen molar-refractivity contribution in [3.05, 3.63) is 23.9 Å². The van der Waals surface area contributed by atoms with Crippen molar-refractivity contribution >= 4 is 11.7 Å². The molecule has 1 fully saturated rings. The van der Waals surface area contributed by atoms with E-state index in [9.17, 15) is 4.79 Å². The van der Waals surface area contributed by atoms with Gasteiger partial charge in [-0.15, -0.1) is 0 Å². The second-order valence-corrected chi connectivity index (χ2v) is 5.40. The SMILES string of the molecule is CCCC1(C(=O)Nc2ncccc2C)CCNCC1. The standard InChI is InChI=1S/C15H23N3O/c1-3-6-15(7-10-16-11-8-15)14(19)18-13-12(2)5-4-9-17-13/h4-5,9,16H,3,6-8,10-11H2,1-2H3,(H,17,18,19). The van der Waals surface area contributed by atoms with Crippen LogP contribution in [-0.2, 0) is 4.79 Å². The second-order valence-electron chi connectivity index (χ2n) is 5.40. The van der Waals surface area contributed by atoms with Crippen molar-refractivity contribution < 1.29 is 4.79 Å². The maximum absolute atomic E-state index is 12.7. The van der Waals surface area contributed by atoms with Gasteiger partial charge in [0.05, 0.1) is 5.41 Å². The largest absolute Gasteiger partial charge is 0.317 e. The molecule has 2 rings (SSSR count). The van der Waals surface area contributed by atoms with Crippen LogP contribution in [0.15, 0.2) is 18.3 Å². The fourth-order valence-electron chi connectivity index (χ4n) is 2.83. The van der Waals surface area contributed by atoms with E-state index in [0.717, 1.165) is 44.3 Å². The summed E-state index contributed by atoms with van der Waals surface area (Å²) in [6.07, 6.45) is 5.54. The van der Waals surface area contributed by atoms with Gasteiger partial charge in [-0.25, -0.2) is 4.98 Å². The first-order valence-electron chi connectivity index (χ1n) is 7.12. The van der Waals surface area contributed by atoms with Crippen LogP contribution in [0, 0.1) is 12.3 Å².